The molecule has 2 aromatic rings. The van der Waals surface area contributed by atoms with Crippen LogP contribution in [0, 0.1) is 0 Å². The van der Waals surface area contributed by atoms with Crippen LogP contribution in [0.5, 0.6) is 11.5 Å². The summed E-state index contributed by atoms with van der Waals surface area (Å²) in [5.41, 5.74) is 2.98. The summed E-state index contributed by atoms with van der Waals surface area (Å²) in [5, 5.41) is 1.89. The van der Waals surface area contributed by atoms with Gasteiger partial charge >= 0.3 is 11.9 Å². The summed E-state index contributed by atoms with van der Waals surface area (Å²) < 4.78 is 23.3. The van der Waals surface area contributed by atoms with E-state index in [0.29, 0.717) is 11.1 Å². The van der Waals surface area contributed by atoms with Gasteiger partial charge < -0.3 is 18.9 Å². The van der Waals surface area contributed by atoms with Crippen molar-refractivity contribution >= 4 is 22.7 Å². The highest BCUT2D eigenvalue weighted by atomic mass is 16.6. The van der Waals surface area contributed by atoms with Crippen LogP contribution in [0.1, 0.15) is 51.7 Å². The van der Waals surface area contributed by atoms with E-state index in [4.69, 9.17) is 18.9 Å². The van der Waals surface area contributed by atoms with Gasteiger partial charge in [-0.1, -0.05) is 37.4 Å². The Labute approximate surface area is 201 Å². The lowest BCUT2D eigenvalue weighted by atomic mass is 9.87. The van der Waals surface area contributed by atoms with E-state index in [1.807, 2.05) is 24.3 Å². The Bertz CT molecular complexity index is 1010. The summed E-state index contributed by atoms with van der Waals surface area (Å²) in [6.07, 6.45) is 3.06. The molecule has 34 heavy (non-hydrogen) atoms. The molecule has 0 fully saturated rings. The van der Waals surface area contributed by atoms with Crippen molar-refractivity contribution in [2.24, 2.45) is 0 Å². The van der Waals surface area contributed by atoms with Gasteiger partial charge in [-0.05, 0) is 53.4 Å². The van der Waals surface area contributed by atoms with Crippen molar-refractivity contribution in [3.63, 3.8) is 0 Å². The quantitative estimate of drug-likeness (QED) is 0.341. The fourth-order valence-electron chi connectivity index (χ4n) is 3.98. The van der Waals surface area contributed by atoms with E-state index < -0.39 is 24.1 Å². The first kappa shape index (κ1) is 25.3. The highest BCUT2D eigenvalue weighted by Gasteiger charge is 2.25. The Morgan fingerprint density at radius 1 is 0.794 bits per heavy atom. The summed E-state index contributed by atoms with van der Waals surface area (Å²) in [5.74, 6) is 0.789. The second-order valence-electron chi connectivity index (χ2n) is 8.98. The van der Waals surface area contributed by atoms with Crippen molar-refractivity contribution in [2.45, 2.75) is 65.6 Å². The molecular formula is C28H34O6. The van der Waals surface area contributed by atoms with Gasteiger partial charge in [0.25, 0.3) is 0 Å². The standard InChI is InChI=1S/C28H34O6/c1-17(2)27(29)33-19(5)15-31-25-21-11-7-9-13-23(21)26(24-14-10-8-12-22(24)25)32-16-20(6)34-28(30)18(3)4/h7,9,11,13,19-20H,1,3,8,10,12,14-16H2,2,4-6H3. The van der Waals surface area contributed by atoms with E-state index >= 15 is 0 Å². The van der Waals surface area contributed by atoms with Crippen molar-refractivity contribution in [1.29, 1.82) is 0 Å². The highest BCUT2D eigenvalue weighted by molar-refractivity contribution is 5.96. The van der Waals surface area contributed by atoms with Gasteiger partial charge in [0.15, 0.2) is 0 Å². The van der Waals surface area contributed by atoms with E-state index in [0.717, 1.165) is 59.1 Å². The van der Waals surface area contributed by atoms with Crippen molar-refractivity contribution < 1.29 is 28.5 Å². The molecule has 0 amide bonds. The average molecular weight is 467 g/mol. The molecule has 2 aromatic carbocycles. The predicted octanol–water partition coefficient (Wildman–Crippen LogP) is 5.49. The lowest BCUT2D eigenvalue weighted by molar-refractivity contribution is -0.145. The van der Waals surface area contributed by atoms with Gasteiger partial charge in [-0.25, -0.2) is 9.59 Å². The summed E-state index contributed by atoms with van der Waals surface area (Å²) >= 11 is 0. The Hall–Kier alpha value is -3.28. The van der Waals surface area contributed by atoms with E-state index in [-0.39, 0.29) is 13.2 Å². The first-order chi connectivity index (χ1) is 16.2. The molecule has 0 aromatic heterocycles. The third-order valence-corrected chi connectivity index (χ3v) is 5.67. The van der Waals surface area contributed by atoms with E-state index in [1.54, 1.807) is 27.7 Å². The number of carbonyl (C=O) groups is 2. The van der Waals surface area contributed by atoms with E-state index in [2.05, 4.69) is 13.2 Å². The van der Waals surface area contributed by atoms with Gasteiger partial charge in [-0.15, -0.1) is 0 Å². The average Bonchev–Trinajstić information content (AvgIpc) is 2.80. The maximum atomic E-state index is 11.9. The Kier molecular flexibility index (Phi) is 8.37. The molecule has 0 spiro atoms. The smallest absolute Gasteiger partial charge is 0.333 e. The van der Waals surface area contributed by atoms with E-state index in [9.17, 15) is 9.59 Å². The van der Waals surface area contributed by atoms with Crippen LogP contribution in [-0.2, 0) is 31.9 Å². The van der Waals surface area contributed by atoms with Gasteiger partial charge in [-0.3, -0.25) is 0 Å². The van der Waals surface area contributed by atoms with Crippen molar-refractivity contribution in [2.75, 3.05) is 13.2 Å². The van der Waals surface area contributed by atoms with Crippen LogP contribution < -0.4 is 9.47 Å². The lowest BCUT2D eigenvalue weighted by Gasteiger charge is -2.26. The molecule has 0 aliphatic heterocycles. The van der Waals surface area contributed by atoms with E-state index in [1.165, 1.54) is 0 Å². The predicted molar refractivity (Wildman–Crippen MR) is 132 cm³/mol. The molecule has 0 heterocycles. The van der Waals surface area contributed by atoms with Crippen LogP contribution in [0.4, 0.5) is 0 Å². The molecule has 0 N–H and O–H groups in total. The maximum Gasteiger partial charge on any atom is 0.333 e. The van der Waals surface area contributed by atoms with Crippen LogP contribution in [0.3, 0.4) is 0 Å². The minimum absolute atomic E-state index is 0.240. The summed E-state index contributed by atoms with van der Waals surface area (Å²) in [6, 6.07) is 7.97. The fourth-order valence-corrected chi connectivity index (χ4v) is 3.98. The number of fused-ring (bicyclic) bond motifs is 2. The van der Waals surface area contributed by atoms with Crippen molar-refractivity contribution in [3.8, 4) is 11.5 Å². The number of esters is 2. The summed E-state index contributed by atoms with van der Waals surface area (Å²) in [6.45, 7) is 14.6. The second-order valence-corrected chi connectivity index (χ2v) is 8.98. The largest absolute Gasteiger partial charge is 0.489 e. The first-order valence-corrected chi connectivity index (χ1v) is 11.7. The van der Waals surface area contributed by atoms with Gasteiger partial charge in [0.05, 0.1) is 0 Å². The normalized spacial score (nSPS) is 14.5. The molecular weight excluding hydrogens is 432 g/mol. The number of hydrogen-bond acceptors (Lipinski definition) is 6. The summed E-state index contributed by atoms with van der Waals surface area (Å²) in [7, 11) is 0. The van der Waals surface area contributed by atoms with Crippen molar-refractivity contribution in [1.82, 2.24) is 0 Å². The number of carbonyl (C=O) groups excluding carboxylic acids is 2. The lowest BCUT2D eigenvalue weighted by Crippen LogP contribution is -2.24. The molecule has 1 aliphatic rings. The number of benzene rings is 2. The molecule has 3 rings (SSSR count). The molecule has 0 bridgehead atoms. The zero-order valence-electron chi connectivity index (χ0n) is 20.6. The van der Waals surface area contributed by atoms with Gasteiger partial charge in [0, 0.05) is 33.0 Å². The van der Waals surface area contributed by atoms with Crippen LogP contribution in [0.2, 0.25) is 0 Å². The third kappa shape index (κ3) is 5.99. The maximum absolute atomic E-state index is 11.9. The molecule has 2 atom stereocenters. The molecule has 0 radical (unpaired) electrons. The molecule has 0 saturated heterocycles. The first-order valence-electron chi connectivity index (χ1n) is 11.7. The SMILES string of the molecule is C=C(C)C(=O)OC(C)COc1c2c(c(OCC(C)OC(=O)C(=C)C)c3ccccc13)CCCC2. The number of hydrogen-bond donors (Lipinski definition) is 0. The Balaban J connectivity index is 1.89. The summed E-state index contributed by atoms with van der Waals surface area (Å²) in [4.78, 5) is 23.7. The van der Waals surface area contributed by atoms with Crippen LogP contribution >= 0.6 is 0 Å². The van der Waals surface area contributed by atoms with Crippen LogP contribution in [0.25, 0.3) is 10.8 Å². The number of rotatable bonds is 10. The second kappa shape index (κ2) is 11.2. The minimum atomic E-state index is -0.423. The van der Waals surface area contributed by atoms with Gasteiger partial charge in [0.2, 0.25) is 0 Å². The fraction of sp³-hybridized carbons (Fsp3) is 0.429. The number of ether oxygens (including phenoxy) is 4. The molecule has 6 nitrogen and oxygen atoms in total. The monoisotopic (exact) mass is 466 g/mol. The Morgan fingerprint density at radius 2 is 1.18 bits per heavy atom. The topological polar surface area (TPSA) is 71.1 Å². The van der Waals surface area contributed by atoms with Crippen LogP contribution in [-0.4, -0.2) is 37.4 Å². The van der Waals surface area contributed by atoms with Gasteiger partial charge in [0.1, 0.15) is 36.9 Å². The molecule has 0 saturated carbocycles. The van der Waals surface area contributed by atoms with Gasteiger partial charge in [-0.2, -0.15) is 0 Å². The van der Waals surface area contributed by atoms with Crippen molar-refractivity contribution in [3.05, 3.63) is 59.7 Å². The molecule has 2 unspecified atom stereocenters. The minimum Gasteiger partial charge on any atom is -0.489 e. The zero-order chi connectivity index (χ0) is 24.8. The molecule has 1 aliphatic carbocycles. The molecule has 182 valence electrons. The van der Waals surface area contributed by atoms with Crippen LogP contribution in [0.15, 0.2) is 48.6 Å². The molecule has 6 heteroatoms. The Morgan fingerprint density at radius 3 is 1.53 bits per heavy atom. The zero-order valence-corrected chi connectivity index (χ0v) is 20.6. The third-order valence-electron chi connectivity index (χ3n) is 5.67. The highest BCUT2D eigenvalue weighted by Crippen LogP contribution is 2.44.